The van der Waals surface area contributed by atoms with Gasteiger partial charge in [0.15, 0.2) is 0 Å². The number of hydrogen-bond acceptors (Lipinski definition) is 4. The van der Waals surface area contributed by atoms with Crippen LogP contribution in [0.15, 0.2) is 0 Å². The van der Waals surface area contributed by atoms with Crippen molar-refractivity contribution in [1.82, 2.24) is 9.80 Å². The monoisotopic (exact) mass is 283 g/mol. The third-order valence-corrected chi connectivity index (χ3v) is 5.44. The molecule has 118 valence electrons. The van der Waals surface area contributed by atoms with E-state index >= 15 is 0 Å². The number of nitrogens with zero attached hydrogens (tertiary/aromatic N) is 2. The molecular weight excluding hydrogens is 250 g/mol. The van der Waals surface area contributed by atoms with E-state index in [-0.39, 0.29) is 16.7 Å². The number of nitrogens with two attached hydrogens (primary N) is 1. The maximum atomic E-state index is 6.36. The highest BCUT2D eigenvalue weighted by molar-refractivity contribution is 5.14. The molecule has 20 heavy (non-hydrogen) atoms. The second kappa shape index (κ2) is 5.24. The summed E-state index contributed by atoms with van der Waals surface area (Å²) in [6, 6.07) is 0.631. The molecule has 2 saturated heterocycles. The largest absolute Gasteiger partial charge is 0.368 e. The fourth-order valence-corrected chi connectivity index (χ4v) is 4.44. The summed E-state index contributed by atoms with van der Waals surface area (Å²) >= 11 is 0. The van der Waals surface area contributed by atoms with E-state index in [1.807, 2.05) is 0 Å². The third-order valence-electron chi connectivity index (χ3n) is 5.44. The summed E-state index contributed by atoms with van der Waals surface area (Å²) in [7, 11) is 4.37. The van der Waals surface area contributed by atoms with E-state index in [2.05, 4.69) is 51.6 Å². The van der Waals surface area contributed by atoms with Crippen LogP contribution >= 0.6 is 0 Å². The fourth-order valence-electron chi connectivity index (χ4n) is 4.44. The van der Waals surface area contributed by atoms with Crippen molar-refractivity contribution in [2.24, 2.45) is 5.73 Å². The highest BCUT2D eigenvalue weighted by Crippen LogP contribution is 2.48. The lowest BCUT2D eigenvalue weighted by Crippen LogP contribution is -2.66. The number of likely N-dealkylation sites (tertiary alicyclic amines) is 1. The van der Waals surface area contributed by atoms with E-state index in [0.717, 1.165) is 19.5 Å². The van der Waals surface area contributed by atoms with Gasteiger partial charge in [0.25, 0.3) is 0 Å². The molecule has 0 aromatic heterocycles. The van der Waals surface area contributed by atoms with Crippen LogP contribution in [0.5, 0.6) is 0 Å². The second-order valence-corrected chi connectivity index (χ2v) is 7.99. The Morgan fingerprint density at radius 3 is 2.35 bits per heavy atom. The Morgan fingerprint density at radius 2 is 1.90 bits per heavy atom. The molecule has 2 N–H and O–H groups in total. The smallest absolute Gasteiger partial charge is 0.0830 e. The second-order valence-electron chi connectivity index (χ2n) is 7.99. The Bertz CT molecular complexity index is 354. The van der Waals surface area contributed by atoms with Gasteiger partial charge in [-0.25, -0.2) is 0 Å². The molecule has 0 bridgehead atoms. The molecule has 0 radical (unpaired) electrons. The van der Waals surface area contributed by atoms with E-state index in [9.17, 15) is 0 Å². The van der Waals surface area contributed by atoms with Gasteiger partial charge < -0.3 is 15.4 Å². The normalized spacial score (nSPS) is 37.5. The van der Waals surface area contributed by atoms with Crippen molar-refractivity contribution >= 4 is 0 Å². The highest BCUT2D eigenvalue weighted by atomic mass is 16.5. The first-order valence-corrected chi connectivity index (χ1v) is 7.95. The predicted octanol–water partition coefficient (Wildman–Crippen LogP) is 1.69. The van der Waals surface area contributed by atoms with Crippen LogP contribution in [0.25, 0.3) is 0 Å². The predicted molar refractivity (Wildman–Crippen MR) is 83.9 cm³/mol. The SMILES string of the molecule is CN(C)C1CCCN(C2(CN)CC(C)(C)OC2(C)C)C1. The maximum absolute atomic E-state index is 6.36. The summed E-state index contributed by atoms with van der Waals surface area (Å²) in [5, 5.41) is 0. The molecule has 0 aromatic carbocycles. The summed E-state index contributed by atoms with van der Waals surface area (Å²) < 4.78 is 6.36. The molecule has 4 nitrogen and oxygen atoms in total. The maximum Gasteiger partial charge on any atom is 0.0830 e. The quantitative estimate of drug-likeness (QED) is 0.856. The lowest BCUT2D eigenvalue weighted by atomic mass is 9.76. The molecule has 2 aliphatic rings. The van der Waals surface area contributed by atoms with Crippen LogP contribution in [0.1, 0.15) is 47.0 Å². The van der Waals surface area contributed by atoms with Gasteiger partial charge in [-0.05, 0) is 67.6 Å². The van der Waals surface area contributed by atoms with Crippen molar-refractivity contribution in [2.45, 2.75) is 69.7 Å². The van der Waals surface area contributed by atoms with Gasteiger partial charge in [0.05, 0.1) is 16.7 Å². The van der Waals surface area contributed by atoms with Crippen LogP contribution in [-0.2, 0) is 4.74 Å². The van der Waals surface area contributed by atoms with Crippen LogP contribution < -0.4 is 5.73 Å². The lowest BCUT2D eigenvalue weighted by molar-refractivity contribution is -0.110. The highest BCUT2D eigenvalue weighted by Gasteiger charge is 2.59. The Balaban J connectivity index is 2.27. The molecular formula is C16H33N3O. The average molecular weight is 283 g/mol. The van der Waals surface area contributed by atoms with Crippen molar-refractivity contribution in [1.29, 1.82) is 0 Å². The van der Waals surface area contributed by atoms with Gasteiger partial charge in [-0.2, -0.15) is 0 Å². The zero-order valence-corrected chi connectivity index (χ0v) is 14.2. The molecule has 2 heterocycles. The van der Waals surface area contributed by atoms with Crippen molar-refractivity contribution in [3.63, 3.8) is 0 Å². The minimum absolute atomic E-state index is 0.0365. The van der Waals surface area contributed by atoms with Gasteiger partial charge in [-0.3, -0.25) is 4.90 Å². The van der Waals surface area contributed by atoms with Crippen molar-refractivity contribution in [2.75, 3.05) is 33.7 Å². The summed E-state index contributed by atoms with van der Waals surface area (Å²) in [4.78, 5) is 4.97. The van der Waals surface area contributed by atoms with Crippen LogP contribution in [0, 0.1) is 0 Å². The van der Waals surface area contributed by atoms with Crippen molar-refractivity contribution in [3.05, 3.63) is 0 Å². The Hall–Kier alpha value is -0.160. The number of rotatable bonds is 3. The van der Waals surface area contributed by atoms with Gasteiger partial charge in [0, 0.05) is 19.1 Å². The first kappa shape index (κ1) is 16.2. The summed E-state index contributed by atoms with van der Waals surface area (Å²) in [5.41, 5.74) is 5.96. The van der Waals surface area contributed by atoms with Crippen LogP contribution in [0.3, 0.4) is 0 Å². The lowest BCUT2D eigenvalue weighted by Gasteiger charge is -2.51. The number of piperidine rings is 1. The number of hydrogen-bond donors (Lipinski definition) is 1. The van der Waals surface area contributed by atoms with Crippen LogP contribution in [0.2, 0.25) is 0 Å². The zero-order valence-electron chi connectivity index (χ0n) is 14.2. The van der Waals surface area contributed by atoms with Gasteiger partial charge in [0.1, 0.15) is 0 Å². The Kier molecular flexibility index (Phi) is 4.25. The molecule has 0 spiro atoms. The van der Waals surface area contributed by atoms with Crippen LogP contribution in [-0.4, -0.2) is 66.3 Å². The van der Waals surface area contributed by atoms with E-state index in [1.165, 1.54) is 12.8 Å². The fraction of sp³-hybridized carbons (Fsp3) is 1.00. The third kappa shape index (κ3) is 2.63. The Labute approximate surface area is 124 Å². The molecule has 0 saturated carbocycles. The molecule has 0 amide bonds. The van der Waals surface area contributed by atoms with Crippen molar-refractivity contribution < 1.29 is 4.74 Å². The van der Waals surface area contributed by atoms with Gasteiger partial charge in [-0.15, -0.1) is 0 Å². The Morgan fingerprint density at radius 1 is 1.25 bits per heavy atom. The minimum Gasteiger partial charge on any atom is -0.368 e. The molecule has 2 atom stereocenters. The average Bonchev–Trinajstić information content (AvgIpc) is 2.54. The number of likely N-dealkylation sites (N-methyl/N-ethyl adjacent to an activating group) is 1. The van der Waals surface area contributed by atoms with E-state index in [0.29, 0.717) is 12.6 Å². The summed E-state index contributed by atoms with van der Waals surface area (Å²) in [6.07, 6.45) is 3.56. The molecule has 0 aliphatic carbocycles. The number of ether oxygens (including phenoxy) is 1. The molecule has 2 unspecified atom stereocenters. The standard InChI is InChI=1S/C16H33N3O/c1-14(2)11-16(12-17,15(3,4)20-14)19-9-7-8-13(10-19)18(5)6/h13H,7-12,17H2,1-6H3. The minimum atomic E-state index is -0.195. The topological polar surface area (TPSA) is 41.7 Å². The molecule has 2 aliphatic heterocycles. The molecule has 2 fully saturated rings. The van der Waals surface area contributed by atoms with E-state index in [1.54, 1.807) is 0 Å². The van der Waals surface area contributed by atoms with E-state index in [4.69, 9.17) is 10.5 Å². The first-order valence-electron chi connectivity index (χ1n) is 7.95. The van der Waals surface area contributed by atoms with Gasteiger partial charge in [0.2, 0.25) is 0 Å². The first-order chi connectivity index (χ1) is 9.13. The van der Waals surface area contributed by atoms with Gasteiger partial charge in [-0.1, -0.05) is 0 Å². The zero-order chi connectivity index (χ0) is 15.2. The van der Waals surface area contributed by atoms with Gasteiger partial charge >= 0.3 is 0 Å². The van der Waals surface area contributed by atoms with E-state index < -0.39 is 0 Å². The molecule has 2 rings (SSSR count). The van der Waals surface area contributed by atoms with Crippen LogP contribution in [0.4, 0.5) is 0 Å². The van der Waals surface area contributed by atoms with Crippen molar-refractivity contribution in [3.8, 4) is 0 Å². The molecule has 0 aromatic rings. The molecule has 4 heteroatoms. The summed E-state index contributed by atoms with van der Waals surface area (Å²) in [5.74, 6) is 0. The summed E-state index contributed by atoms with van der Waals surface area (Å²) in [6.45, 7) is 11.7.